The SMILES string of the molecule is CC(=O)N1[C@@H](C(Cl)(Cl)Cl)N(C)C2=S1N(c1ccccc1)C(c1ccccc1)=N2. The molecule has 0 N–H and O–H groups in total. The molecule has 2 heterocycles. The molecule has 0 saturated carbocycles. The fraction of sp³-hybridized carbons (Fsp3) is 0.211. The molecule has 0 aliphatic carbocycles. The Hall–Kier alpha value is -1.57. The van der Waals surface area contributed by atoms with Gasteiger partial charge in [0.05, 0.1) is 16.5 Å². The number of carbonyl (C=O) groups is 1. The van der Waals surface area contributed by atoms with Crippen LogP contribution in [0.25, 0.3) is 0 Å². The topological polar surface area (TPSA) is 39.2 Å². The number of amides is 1. The number of anilines is 1. The summed E-state index contributed by atoms with van der Waals surface area (Å²) in [5.74, 6) is 0.568. The van der Waals surface area contributed by atoms with Crippen molar-refractivity contribution in [3.8, 4) is 0 Å². The molecular formula is C19H17Cl3N4OS. The van der Waals surface area contributed by atoms with Crippen LogP contribution in [0.15, 0.2) is 65.7 Å². The average molecular weight is 456 g/mol. The van der Waals surface area contributed by atoms with Crippen LogP contribution in [0.3, 0.4) is 0 Å². The lowest BCUT2D eigenvalue weighted by Crippen LogP contribution is -2.51. The molecule has 28 heavy (non-hydrogen) atoms. The third-order valence-electron chi connectivity index (χ3n) is 4.43. The van der Waals surface area contributed by atoms with Crippen molar-refractivity contribution in [3.05, 3.63) is 66.2 Å². The Balaban J connectivity index is 1.91. The maximum atomic E-state index is 12.7. The quantitative estimate of drug-likeness (QED) is 0.489. The van der Waals surface area contributed by atoms with E-state index in [9.17, 15) is 4.79 Å². The summed E-state index contributed by atoms with van der Waals surface area (Å²) in [5.41, 5.74) is 1.86. The minimum Gasteiger partial charge on any atom is -0.274 e. The lowest BCUT2D eigenvalue weighted by Gasteiger charge is -2.37. The minimum atomic E-state index is -1.68. The molecule has 2 atom stereocenters. The highest BCUT2D eigenvalue weighted by Gasteiger charge is 2.53. The summed E-state index contributed by atoms with van der Waals surface area (Å²) in [6, 6.07) is 19.7. The molecule has 2 aliphatic rings. The Kier molecular flexibility index (Phi) is 5.18. The first kappa shape index (κ1) is 19.7. The maximum Gasteiger partial charge on any atom is 0.231 e. The van der Waals surface area contributed by atoms with Gasteiger partial charge in [0, 0.05) is 12.5 Å². The van der Waals surface area contributed by atoms with E-state index in [4.69, 9.17) is 39.8 Å². The van der Waals surface area contributed by atoms with Crippen LogP contribution >= 0.6 is 45.7 Å². The van der Waals surface area contributed by atoms with Gasteiger partial charge in [0.25, 0.3) is 0 Å². The minimum absolute atomic E-state index is 0.188. The third kappa shape index (κ3) is 3.23. The van der Waals surface area contributed by atoms with Crippen LogP contribution in [0.1, 0.15) is 12.5 Å². The zero-order chi connectivity index (χ0) is 20.1. The molecule has 146 valence electrons. The summed E-state index contributed by atoms with van der Waals surface area (Å²) in [6.07, 6.45) is -0.749. The molecule has 0 spiro atoms. The van der Waals surface area contributed by atoms with Gasteiger partial charge in [-0.25, -0.2) is 9.89 Å². The monoisotopic (exact) mass is 454 g/mol. The van der Waals surface area contributed by atoms with Gasteiger partial charge in [-0.3, -0.25) is 13.4 Å². The fourth-order valence-corrected chi connectivity index (χ4v) is 6.59. The Morgan fingerprint density at radius 3 is 2.14 bits per heavy atom. The third-order valence-corrected chi connectivity index (χ3v) is 7.28. The van der Waals surface area contributed by atoms with Crippen molar-refractivity contribution in [2.24, 2.45) is 4.99 Å². The first-order chi connectivity index (χ1) is 13.3. The normalized spacial score (nSPS) is 22.5. The number of carbonyl (C=O) groups excluding carboxylic acids is 1. The van der Waals surface area contributed by atoms with Gasteiger partial charge < -0.3 is 0 Å². The van der Waals surface area contributed by atoms with Crippen molar-refractivity contribution in [2.75, 3.05) is 11.4 Å². The highest BCUT2D eigenvalue weighted by molar-refractivity contribution is 8.16. The van der Waals surface area contributed by atoms with E-state index in [-0.39, 0.29) is 5.91 Å². The standard InChI is InChI=1S/C19H17Cl3N4OS/c1-13(27)25-17(19(20,21)22)24(2)18-23-16(14-9-5-3-6-10-14)26(28(18)25)15-11-7-4-8-12-15/h3-12,17H,1-2H3/t17-,28?/m0/s1. The zero-order valence-corrected chi connectivity index (χ0v) is 18.2. The second kappa shape index (κ2) is 7.35. The molecule has 0 aromatic heterocycles. The number of benzene rings is 2. The first-order valence-corrected chi connectivity index (χ1v) is 10.8. The van der Waals surface area contributed by atoms with Gasteiger partial charge in [0.2, 0.25) is 9.70 Å². The summed E-state index contributed by atoms with van der Waals surface area (Å²) in [6.45, 7) is 1.48. The maximum absolute atomic E-state index is 12.7. The molecule has 5 nitrogen and oxygen atoms in total. The van der Waals surface area contributed by atoms with E-state index in [2.05, 4.69) is 0 Å². The number of hydrogen-bond donors (Lipinski definition) is 0. The number of aliphatic imine (C=N–C) groups is 1. The second-order valence-corrected chi connectivity index (χ2v) is 10.4. The second-order valence-electron chi connectivity index (χ2n) is 6.35. The van der Waals surface area contributed by atoms with E-state index in [1.54, 1.807) is 16.3 Å². The molecular weight excluding hydrogens is 439 g/mol. The van der Waals surface area contributed by atoms with Gasteiger partial charge in [0.1, 0.15) is 6.17 Å². The van der Waals surface area contributed by atoms with Crippen molar-refractivity contribution >= 4 is 68.2 Å². The molecule has 1 amide bonds. The molecule has 0 bridgehead atoms. The fourth-order valence-electron chi connectivity index (χ4n) is 3.28. The number of amidine groups is 1. The summed E-state index contributed by atoms with van der Waals surface area (Å²) >= 11 is 18.8. The molecule has 0 radical (unpaired) electrons. The number of hydrogen-bond acceptors (Lipinski definition) is 4. The van der Waals surface area contributed by atoms with E-state index in [0.29, 0.717) is 5.11 Å². The summed E-state index contributed by atoms with van der Waals surface area (Å²) in [4.78, 5) is 19.3. The van der Waals surface area contributed by atoms with Gasteiger partial charge in [-0.15, -0.1) is 0 Å². The van der Waals surface area contributed by atoms with Crippen LogP contribution in [0, 0.1) is 0 Å². The number of rotatable bonds is 2. The Morgan fingerprint density at radius 1 is 1.04 bits per heavy atom. The summed E-state index contributed by atoms with van der Waals surface area (Å²) < 4.78 is 1.96. The van der Waals surface area contributed by atoms with Crippen LogP contribution in [0.4, 0.5) is 5.69 Å². The van der Waals surface area contributed by atoms with Gasteiger partial charge in [0.15, 0.2) is 10.9 Å². The molecule has 0 saturated heterocycles. The van der Waals surface area contributed by atoms with Gasteiger partial charge >= 0.3 is 0 Å². The zero-order valence-electron chi connectivity index (χ0n) is 15.1. The molecule has 0 fully saturated rings. The lowest BCUT2D eigenvalue weighted by molar-refractivity contribution is -0.126. The van der Waals surface area contributed by atoms with Gasteiger partial charge in [-0.1, -0.05) is 83.3 Å². The van der Waals surface area contributed by atoms with Crippen molar-refractivity contribution in [1.82, 2.24) is 9.21 Å². The summed E-state index contributed by atoms with van der Waals surface area (Å²) in [7, 11) is 0.938. The van der Waals surface area contributed by atoms with E-state index >= 15 is 0 Å². The van der Waals surface area contributed by atoms with E-state index in [0.717, 1.165) is 17.1 Å². The molecule has 4 rings (SSSR count). The van der Waals surface area contributed by atoms with Gasteiger partial charge in [-0.2, -0.15) is 0 Å². The highest BCUT2D eigenvalue weighted by atomic mass is 35.6. The van der Waals surface area contributed by atoms with Crippen LogP contribution in [0.2, 0.25) is 0 Å². The van der Waals surface area contributed by atoms with Crippen molar-refractivity contribution in [3.63, 3.8) is 0 Å². The Morgan fingerprint density at radius 2 is 1.61 bits per heavy atom. The molecule has 2 aromatic carbocycles. The smallest absolute Gasteiger partial charge is 0.231 e. The van der Waals surface area contributed by atoms with Crippen molar-refractivity contribution in [2.45, 2.75) is 16.9 Å². The molecule has 2 aromatic rings. The Bertz CT molecular complexity index is 976. The van der Waals surface area contributed by atoms with Gasteiger partial charge in [-0.05, 0) is 19.2 Å². The Labute approximate surface area is 181 Å². The van der Waals surface area contributed by atoms with Crippen LogP contribution in [-0.4, -0.2) is 43.1 Å². The summed E-state index contributed by atoms with van der Waals surface area (Å²) in [5, 5.41) is 0.689. The lowest BCUT2D eigenvalue weighted by atomic mass is 10.2. The number of alkyl halides is 3. The number of para-hydroxylation sites is 1. The number of nitrogens with zero attached hydrogens (tertiary/aromatic N) is 4. The van der Waals surface area contributed by atoms with Crippen molar-refractivity contribution in [1.29, 1.82) is 0 Å². The predicted molar refractivity (Wildman–Crippen MR) is 119 cm³/mol. The van der Waals surface area contributed by atoms with E-state index in [1.165, 1.54) is 6.92 Å². The van der Waals surface area contributed by atoms with Crippen LogP contribution in [-0.2, 0) is 4.79 Å². The highest BCUT2D eigenvalue weighted by Crippen LogP contribution is 2.50. The van der Waals surface area contributed by atoms with E-state index in [1.807, 2.05) is 65.0 Å². The average Bonchev–Trinajstić information content (AvgIpc) is 3.18. The van der Waals surface area contributed by atoms with Crippen molar-refractivity contribution < 1.29 is 4.79 Å². The predicted octanol–water partition coefficient (Wildman–Crippen LogP) is 4.63. The van der Waals surface area contributed by atoms with E-state index < -0.39 is 20.8 Å². The number of halogens is 3. The molecule has 9 heteroatoms. The largest absolute Gasteiger partial charge is 0.274 e. The van der Waals surface area contributed by atoms with Crippen LogP contribution < -0.4 is 4.31 Å². The van der Waals surface area contributed by atoms with Crippen LogP contribution in [0.5, 0.6) is 0 Å². The first-order valence-electron chi connectivity index (χ1n) is 8.51. The molecule has 2 aliphatic heterocycles. The molecule has 1 unspecified atom stereocenters.